The molecule has 0 spiro atoms. The molecular formula is C12H17N3O3S2. The molecule has 0 atom stereocenters. The van der Waals surface area contributed by atoms with Gasteiger partial charge in [0.2, 0.25) is 15.9 Å². The quantitative estimate of drug-likeness (QED) is 0.790. The van der Waals surface area contributed by atoms with Crippen LogP contribution in [0.3, 0.4) is 0 Å². The molecule has 1 aliphatic heterocycles. The minimum absolute atomic E-state index is 0.0365. The summed E-state index contributed by atoms with van der Waals surface area (Å²) in [7, 11) is -3.62. The van der Waals surface area contributed by atoms with E-state index in [0.717, 1.165) is 17.9 Å². The molecule has 0 aromatic heterocycles. The van der Waals surface area contributed by atoms with Crippen molar-refractivity contribution in [2.75, 3.05) is 30.3 Å². The van der Waals surface area contributed by atoms with Crippen molar-refractivity contribution in [1.82, 2.24) is 4.31 Å². The number of nitrogen functional groups attached to an aromatic ring is 1. The average molecular weight is 315 g/mol. The highest BCUT2D eigenvalue weighted by Gasteiger charge is 2.27. The third kappa shape index (κ3) is 3.08. The van der Waals surface area contributed by atoms with Crippen molar-refractivity contribution in [2.24, 2.45) is 5.73 Å². The maximum atomic E-state index is 12.6. The highest BCUT2D eigenvalue weighted by Crippen LogP contribution is 2.25. The van der Waals surface area contributed by atoms with E-state index >= 15 is 0 Å². The molecule has 1 heterocycles. The van der Waals surface area contributed by atoms with E-state index < -0.39 is 15.9 Å². The van der Waals surface area contributed by atoms with Gasteiger partial charge in [-0.2, -0.15) is 16.1 Å². The summed E-state index contributed by atoms with van der Waals surface area (Å²) < 4.78 is 26.6. The number of rotatable bonds is 3. The Morgan fingerprint density at radius 3 is 2.65 bits per heavy atom. The molecule has 20 heavy (non-hydrogen) atoms. The summed E-state index contributed by atoms with van der Waals surface area (Å²) in [6.45, 7) is 0.969. The van der Waals surface area contributed by atoms with E-state index in [4.69, 9.17) is 11.5 Å². The number of nitrogens with two attached hydrogens (primary N) is 2. The summed E-state index contributed by atoms with van der Waals surface area (Å²) in [6, 6.07) is 4.04. The van der Waals surface area contributed by atoms with Crippen LogP contribution in [0.4, 0.5) is 5.69 Å². The van der Waals surface area contributed by atoms with E-state index in [9.17, 15) is 13.2 Å². The number of hydrogen-bond donors (Lipinski definition) is 2. The van der Waals surface area contributed by atoms with E-state index in [0.29, 0.717) is 13.1 Å². The van der Waals surface area contributed by atoms with Crippen LogP contribution >= 0.6 is 11.8 Å². The van der Waals surface area contributed by atoms with E-state index in [1.165, 1.54) is 22.5 Å². The maximum absolute atomic E-state index is 12.6. The fourth-order valence-electron chi connectivity index (χ4n) is 2.04. The number of benzene rings is 1. The first-order valence-corrected chi connectivity index (χ1v) is 8.79. The van der Waals surface area contributed by atoms with Crippen molar-refractivity contribution in [3.63, 3.8) is 0 Å². The normalized spacial score (nSPS) is 17.6. The predicted octanol–water partition coefficient (Wildman–Crippen LogP) is 0.495. The van der Waals surface area contributed by atoms with Gasteiger partial charge in [-0.15, -0.1) is 0 Å². The smallest absolute Gasteiger partial charge is 0.248 e. The first kappa shape index (κ1) is 15.1. The van der Waals surface area contributed by atoms with Crippen molar-refractivity contribution in [3.8, 4) is 0 Å². The molecule has 0 bridgehead atoms. The maximum Gasteiger partial charge on any atom is 0.248 e. The minimum atomic E-state index is -3.62. The number of carbonyl (C=O) groups excluding carboxylic acids is 1. The number of hydrogen-bond acceptors (Lipinski definition) is 5. The molecule has 2 rings (SSSR count). The van der Waals surface area contributed by atoms with Gasteiger partial charge >= 0.3 is 0 Å². The Hall–Kier alpha value is -1.25. The van der Waals surface area contributed by atoms with Gasteiger partial charge in [0, 0.05) is 24.4 Å². The molecule has 1 aliphatic rings. The summed E-state index contributed by atoms with van der Waals surface area (Å²) in [5.41, 5.74) is 11.2. The van der Waals surface area contributed by atoms with Gasteiger partial charge in [0.1, 0.15) is 4.90 Å². The van der Waals surface area contributed by atoms with Gasteiger partial charge in [-0.1, -0.05) is 0 Å². The van der Waals surface area contributed by atoms with Crippen LogP contribution < -0.4 is 11.5 Å². The molecule has 6 nitrogen and oxygen atoms in total. The zero-order chi connectivity index (χ0) is 14.8. The second kappa shape index (κ2) is 6.02. The fraction of sp³-hybridized carbons (Fsp3) is 0.417. The van der Waals surface area contributed by atoms with Gasteiger partial charge in [0.15, 0.2) is 0 Å². The Morgan fingerprint density at radius 1 is 1.25 bits per heavy atom. The molecule has 1 amide bonds. The molecule has 1 aromatic carbocycles. The van der Waals surface area contributed by atoms with Crippen LogP contribution in [0.2, 0.25) is 0 Å². The minimum Gasteiger partial charge on any atom is -0.398 e. The van der Waals surface area contributed by atoms with Crippen LogP contribution in [-0.2, 0) is 10.0 Å². The summed E-state index contributed by atoms with van der Waals surface area (Å²) in [4.78, 5) is 11.1. The Kier molecular flexibility index (Phi) is 4.56. The van der Waals surface area contributed by atoms with Gasteiger partial charge in [-0.3, -0.25) is 4.79 Å². The molecule has 1 saturated heterocycles. The average Bonchev–Trinajstić information content (AvgIpc) is 2.67. The predicted molar refractivity (Wildman–Crippen MR) is 80.1 cm³/mol. The van der Waals surface area contributed by atoms with Gasteiger partial charge < -0.3 is 11.5 Å². The van der Waals surface area contributed by atoms with Crippen LogP contribution in [0.25, 0.3) is 0 Å². The number of anilines is 1. The molecule has 0 unspecified atom stereocenters. The highest BCUT2D eigenvalue weighted by molar-refractivity contribution is 7.99. The Labute approximate surface area is 122 Å². The Bertz CT molecular complexity index is 608. The van der Waals surface area contributed by atoms with E-state index in [1.807, 2.05) is 0 Å². The summed E-state index contributed by atoms with van der Waals surface area (Å²) in [5.74, 6) is 1.10. The van der Waals surface area contributed by atoms with Gasteiger partial charge in [0.25, 0.3) is 0 Å². The summed E-state index contributed by atoms with van der Waals surface area (Å²) in [6.07, 6.45) is 0.823. The molecule has 8 heteroatoms. The zero-order valence-electron chi connectivity index (χ0n) is 10.9. The van der Waals surface area contributed by atoms with Crippen molar-refractivity contribution in [2.45, 2.75) is 11.3 Å². The largest absolute Gasteiger partial charge is 0.398 e. The van der Waals surface area contributed by atoms with Gasteiger partial charge in [-0.05, 0) is 30.4 Å². The SMILES string of the molecule is NC(=O)c1ccc(S(=O)(=O)N2CCCSCC2)c(N)c1. The van der Waals surface area contributed by atoms with Crippen LogP contribution in [0, 0.1) is 0 Å². The lowest BCUT2D eigenvalue weighted by Crippen LogP contribution is -2.33. The monoisotopic (exact) mass is 315 g/mol. The van der Waals surface area contributed by atoms with Crippen LogP contribution in [0.1, 0.15) is 16.8 Å². The lowest BCUT2D eigenvalue weighted by atomic mass is 10.2. The number of nitrogens with zero attached hydrogens (tertiary/aromatic N) is 1. The van der Waals surface area contributed by atoms with Gasteiger partial charge in [-0.25, -0.2) is 8.42 Å². The van der Waals surface area contributed by atoms with Crippen LogP contribution in [0.5, 0.6) is 0 Å². The standard InChI is InChI=1S/C12H17N3O3S2/c13-10-8-9(12(14)16)2-3-11(10)20(17,18)15-4-1-6-19-7-5-15/h2-3,8H,1,4-7,13H2,(H2,14,16). The van der Waals surface area contributed by atoms with Crippen molar-refractivity contribution >= 4 is 33.4 Å². The molecule has 1 fully saturated rings. The van der Waals surface area contributed by atoms with E-state index in [1.54, 1.807) is 11.8 Å². The number of primary amides is 1. The topological polar surface area (TPSA) is 106 Å². The highest BCUT2D eigenvalue weighted by atomic mass is 32.2. The van der Waals surface area contributed by atoms with Gasteiger partial charge in [0.05, 0.1) is 5.69 Å². The third-order valence-corrected chi connectivity index (χ3v) is 6.11. The molecule has 0 saturated carbocycles. The molecule has 0 radical (unpaired) electrons. The lowest BCUT2D eigenvalue weighted by Gasteiger charge is -2.20. The van der Waals surface area contributed by atoms with Crippen molar-refractivity contribution in [1.29, 1.82) is 0 Å². The molecule has 0 aliphatic carbocycles. The fourth-order valence-corrected chi connectivity index (χ4v) is 4.62. The lowest BCUT2D eigenvalue weighted by molar-refractivity contribution is 0.1000. The number of sulfonamides is 1. The van der Waals surface area contributed by atoms with E-state index in [2.05, 4.69) is 0 Å². The second-order valence-corrected chi connectivity index (χ2v) is 7.62. The number of carbonyl (C=O) groups is 1. The molecule has 1 aromatic rings. The Balaban J connectivity index is 2.36. The van der Waals surface area contributed by atoms with Crippen molar-refractivity contribution in [3.05, 3.63) is 23.8 Å². The molecule has 110 valence electrons. The first-order chi connectivity index (χ1) is 9.43. The second-order valence-electron chi connectivity index (χ2n) is 4.49. The first-order valence-electron chi connectivity index (χ1n) is 6.20. The number of amides is 1. The summed E-state index contributed by atoms with van der Waals surface area (Å²) in [5, 5.41) is 0. The zero-order valence-corrected chi connectivity index (χ0v) is 12.5. The number of thioether (sulfide) groups is 1. The van der Waals surface area contributed by atoms with Crippen LogP contribution in [0.15, 0.2) is 23.1 Å². The van der Waals surface area contributed by atoms with Crippen LogP contribution in [-0.4, -0.2) is 43.2 Å². The summed E-state index contributed by atoms with van der Waals surface area (Å²) >= 11 is 1.74. The van der Waals surface area contributed by atoms with E-state index in [-0.39, 0.29) is 16.1 Å². The Morgan fingerprint density at radius 2 is 2.00 bits per heavy atom. The third-order valence-electron chi connectivity index (χ3n) is 3.09. The van der Waals surface area contributed by atoms with Crippen molar-refractivity contribution < 1.29 is 13.2 Å². The molecular weight excluding hydrogens is 298 g/mol. The molecule has 4 N–H and O–H groups in total.